The van der Waals surface area contributed by atoms with Crippen LogP contribution in [0.5, 0.6) is 0 Å². The highest BCUT2D eigenvalue weighted by molar-refractivity contribution is 7.99. The van der Waals surface area contributed by atoms with E-state index in [4.69, 9.17) is 17.3 Å². The van der Waals surface area contributed by atoms with Crippen molar-refractivity contribution in [3.63, 3.8) is 0 Å². The van der Waals surface area contributed by atoms with Crippen LogP contribution in [0.25, 0.3) is 16.9 Å². The maximum absolute atomic E-state index is 6.28. The smallest absolute Gasteiger partial charge is 0.183 e. The van der Waals surface area contributed by atoms with E-state index in [9.17, 15) is 0 Å². The number of rotatable bonds is 3. The lowest BCUT2D eigenvalue weighted by Gasteiger charge is -2.09. The Balaban J connectivity index is 1.77. The highest BCUT2D eigenvalue weighted by atomic mass is 35.5. The molecule has 2 heterocycles. The standard InChI is InChI=1S/C16H11ClN6S/c17-10-5-7-11(8-6-10)24-16-14(18)15(19-9-20-16)23-13-4-2-1-3-12(13)21-22-23/h1-9H,18H2. The minimum Gasteiger partial charge on any atom is -0.393 e. The topological polar surface area (TPSA) is 82.5 Å². The molecule has 0 aliphatic rings. The van der Waals surface area contributed by atoms with Crippen molar-refractivity contribution in [2.75, 3.05) is 5.73 Å². The Morgan fingerprint density at radius 1 is 1.00 bits per heavy atom. The Morgan fingerprint density at radius 2 is 1.79 bits per heavy atom. The first-order valence-corrected chi connectivity index (χ1v) is 8.26. The van der Waals surface area contributed by atoms with E-state index in [0.717, 1.165) is 15.9 Å². The number of anilines is 1. The molecule has 8 heteroatoms. The van der Waals surface area contributed by atoms with E-state index in [1.807, 2.05) is 48.5 Å². The van der Waals surface area contributed by atoms with E-state index in [1.54, 1.807) is 4.68 Å². The minimum absolute atomic E-state index is 0.452. The number of hydrogen-bond donors (Lipinski definition) is 1. The number of aromatic nitrogens is 5. The highest BCUT2D eigenvalue weighted by Crippen LogP contribution is 2.33. The molecule has 0 atom stereocenters. The van der Waals surface area contributed by atoms with Crippen molar-refractivity contribution in [2.24, 2.45) is 0 Å². The average molecular weight is 355 g/mol. The van der Waals surface area contributed by atoms with Crippen LogP contribution in [0, 0.1) is 0 Å². The van der Waals surface area contributed by atoms with Gasteiger partial charge in [-0.2, -0.15) is 4.68 Å². The highest BCUT2D eigenvalue weighted by Gasteiger charge is 2.14. The molecule has 0 amide bonds. The molecule has 0 radical (unpaired) electrons. The van der Waals surface area contributed by atoms with Crippen molar-refractivity contribution in [1.82, 2.24) is 25.0 Å². The average Bonchev–Trinajstić information content (AvgIpc) is 3.03. The molecule has 0 fully saturated rings. The zero-order chi connectivity index (χ0) is 16.5. The fourth-order valence-electron chi connectivity index (χ4n) is 2.26. The summed E-state index contributed by atoms with van der Waals surface area (Å²) in [5.41, 5.74) is 8.35. The molecule has 2 aromatic carbocycles. The van der Waals surface area contributed by atoms with Crippen molar-refractivity contribution in [1.29, 1.82) is 0 Å². The first kappa shape index (κ1) is 14.9. The summed E-state index contributed by atoms with van der Waals surface area (Å²) in [5.74, 6) is 0.509. The second-order valence-electron chi connectivity index (χ2n) is 4.96. The Kier molecular flexibility index (Phi) is 3.79. The SMILES string of the molecule is Nc1c(Sc2ccc(Cl)cc2)ncnc1-n1nnc2ccccc21. The van der Waals surface area contributed by atoms with Crippen LogP contribution in [0.2, 0.25) is 5.02 Å². The fourth-order valence-corrected chi connectivity index (χ4v) is 3.18. The first-order valence-electron chi connectivity index (χ1n) is 7.07. The maximum Gasteiger partial charge on any atom is 0.183 e. The molecule has 0 spiro atoms. The van der Waals surface area contributed by atoms with Gasteiger partial charge < -0.3 is 5.73 Å². The Morgan fingerprint density at radius 3 is 2.62 bits per heavy atom. The molecule has 0 saturated carbocycles. The van der Waals surface area contributed by atoms with Gasteiger partial charge in [-0.15, -0.1) is 5.10 Å². The fraction of sp³-hybridized carbons (Fsp3) is 0. The summed E-state index contributed by atoms with van der Waals surface area (Å²) in [6.45, 7) is 0. The third-order valence-electron chi connectivity index (χ3n) is 3.41. The molecule has 4 rings (SSSR count). The van der Waals surface area contributed by atoms with E-state index >= 15 is 0 Å². The number of halogens is 1. The van der Waals surface area contributed by atoms with Crippen LogP contribution in [-0.2, 0) is 0 Å². The van der Waals surface area contributed by atoms with Gasteiger partial charge in [0.1, 0.15) is 22.6 Å². The minimum atomic E-state index is 0.452. The van der Waals surface area contributed by atoms with E-state index in [0.29, 0.717) is 21.6 Å². The lowest BCUT2D eigenvalue weighted by Crippen LogP contribution is -2.06. The van der Waals surface area contributed by atoms with E-state index in [2.05, 4.69) is 20.3 Å². The van der Waals surface area contributed by atoms with Crippen LogP contribution in [0.15, 0.2) is 64.8 Å². The van der Waals surface area contributed by atoms with Gasteiger partial charge in [0.05, 0.1) is 5.52 Å². The third kappa shape index (κ3) is 2.68. The van der Waals surface area contributed by atoms with Gasteiger partial charge in [0.15, 0.2) is 5.82 Å². The van der Waals surface area contributed by atoms with Crippen molar-refractivity contribution < 1.29 is 0 Å². The van der Waals surface area contributed by atoms with Crippen LogP contribution in [0.1, 0.15) is 0 Å². The van der Waals surface area contributed by atoms with Crippen molar-refractivity contribution in [3.05, 3.63) is 59.9 Å². The van der Waals surface area contributed by atoms with E-state index < -0.39 is 0 Å². The summed E-state index contributed by atoms with van der Waals surface area (Å²) in [4.78, 5) is 9.54. The molecule has 0 aliphatic heterocycles. The van der Waals surface area contributed by atoms with Crippen molar-refractivity contribution >= 4 is 40.1 Å². The lowest BCUT2D eigenvalue weighted by molar-refractivity contribution is 0.793. The molecular weight excluding hydrogens is 344 g/mol. The van der Waals surface area contributed by atoms with Crippen molar-refractivity contribution in [3.8, 4) is 5.82 Å². The van der Waals surface area contributed by atoms with Gasteiger partial charge in [0, 0.05) is 9.92 Å². The van der Waals surface area contributed by atoms with Gasteiger partial charge in [-0.1, -0.05) is 40.7 Å². The predicted octanol–water partition coefficient (Wildman–Crippen LogP) is 3.60. The molecule has 0 aliphatic carbocycles. The zero-order valence-corrected chi connectivity index (χ0v) is 13.9. The van der Waals surface area contributed by atoms with E-state index in [1.165, 1.54) is 18.1 Å². The van der Waals surface area contributed by atoms with Gasteiger partial charge >= 0.3 is 0 Å². The van der Waals surface area contributed by atoms with Crippen molar-refractivity contribution in [2.45, 2.75) is 9.92 Å². The predicted molar refractivity (Wildman–Crippen MR) is 94.4 cm³/mol. The van der Waals surface area contributed by atoms with Crippen LogP contribution >= 0.6 is 23.4 Å². The number of hydrogen-bond acceptors (Lipinski definition) is 6. The largest absolute Gasteiger partial charge is 0.393 e. The first-order chi connectivity index (χ1) is 11.7. The molecule has 4 aromatic rings. The quantitative estimate of drug-likeness (QED) is 0.566. The van der Waals surface area contributed by atoms with Gasteiger partial charge in [0.25, 0.3) is 0 Å². The summed E-state index contributed by atoms with van der Waals surface area (Å²) < 4.78 is 1.62. The Labute approximate surface area is 146 Å². The summed E-state index contributed by atoms with van der Waals surface area (Å²) in [5, 5.41) is 9.63. The zero-order valence-electron chi connectivity index (χ0n) is 12.3. The monoisotopic (exact) mass is 354 g/mol. The van der Waals surface area contributed by atoms with Gasteiger partial charge in [-0.3, -0.25) is 0 Å². The molecule has 0 saturated heterocycles. The van der Waals surface area contributed by atoms with Gasteiger partial charge in [0.2, 0.25) is 0 Å². The number of nitrogens with zero attached hydrogens (tertiary/aromatic N) is 5. The second kappa shape index (κ2) is 6.10. The molecule has 118 valence electrons. The van der Waals surface area contributed by atoms with Gasteiger partial charge in [-0.25, -0.2) is 9.97 Å². The number of nitrogen functional groups attached to an aromatic ring is 1. The van der Waals surface area contributed by atoms with Gasteiger partial charge in [-0.05, 0) is 36.4 Å². The van der Waals surface area contributed by atoms with Crippen LogP contribution < -0.4 is 5.73 Å². The summed E-state index contributed by atoms with van der Waals surface area (Å²) in [6, 6.07) is 15.1. The molecule has 6 nitrogen and oxygen atoms in total. The second-order valence-corrected chi connectivity index (χ2v) is 6.46. The Hall–Kier alpha value is -2.64. The summed E-state index contributed by atoms with van der Waals surface area (Å²) in [7, 11) is 0. The molecule has 2 N–H and O–H groups in total. The number of fused-ring (bicyclic) bond motifs is 1. The maximum atomic E-state index is 6.28. The molecule has 2 aromatic heterocycles. The molecule has 0 unspecified atom stereocenters. The third-order valence-corrected chi connectivity index (χ3v) is 4.69. The Bertz CT molecular complexity index is 1010. The summed E-state index contributed by atoms with van der Waals surface area (Å²) in [6.07, 6.45) is 1.47. The summed E-state index contributed by atoms with van der Waals surface area (Å²) >= 11 is 7.36. The molecule has 0 bridgehead atoms. The van der Waals surface area contributed by atoms with Crippen LogP contribution in [-0.4, -0.2) is 25.0 Å². The normalized spacial score (nSPS) is 11.0. The number of benzene rings is 2. The van der Waals surface area contributed by atoms with E-state index in [-0.39, 0.29) is 0 Å². The van der Waals surface area contributed by atoms with Crippen LogP contribution in [0.4, 0.5) is 5.69 Å². The number of nitrogens with two attached hydrogens (primary N) is 1. The van der Waals surface area contributed by atoms with Crippen LogP contribution in [0.3, 0.4) is 0 Å². The molecular formula is C16H11ClN6S. The lowest BCUT2D eigenvalue weighted by atomic mass is 10.3. The number of para-hydroxylation sites is 1. The molecule has 24 heavy (non-hydrogen) atoms.